The third-order valence-corrected chi connectivity index (χ3v) is 5.93. The Morgan fingerprint density at radius 1 is 1.04 bits per heavy atom. The Kier molecular flexibility index (Phi) is 6.89. The Morgan fingerprint density at radius 2 is 1.82 bits per heavy atom. The summed E-state index contributed by atoms with van der Waals surface area (Å²) in [5, 5.41) is 14.1. The Labute approximate surface area is 172 Å². The molecule has 0 aliphatic carbocycles. The van der Waals surface area contributed by atoms with E-state index in [0.29, 0.717) is 11.7 Å². The highest BCUT2D eigenvalue weighted by atomic mass is 32.2. The summed E-state index contributed by atoms with van der Waals surface area (Å²) in [6.45, 7) is 6.66. The van der Waals surface area contributed by atoms with Crippen LogP contribution in [0, 0.1) is 20.8 Å². The molecule has 0 unspecified atom stereocenters. The molecule has 0 aliphatic rings. The highest BCUT2D eigenvalue weighted by Crippen LogP contribution is 2.25. The Balaban J connectivity index is 1.42. The summed E-state index contributed by atoms with van der Waals surface area (Å²) in [4.78, 5) is 12.1. The standard InChI is InChI=1S/C20H22N4O2S2/c1-13-4-8-17(9-5-13)26-10-11-27-20-24-23-19(28-20)22-18(25)21-16-7-6-14(2)15(3)12-16/h4-9,12H,10-11H2,1-3H3,(H2,21,22,23,25). The van der Waals surface area contributed by atoms with Crippen LogP contribution in [0.15, 0.2) is 46.8 Å². The first-order valence-electron chi connectivity index (χ1n) is 8.80. The third-order valence-electron chi connectivity index (χ3n) is 3.99. The number of ether oxygens (including phenoxy) is 1. The second-order valence-electron chi connectivity index (χ2n) is 6.26. The molecular weight excluding hydrogens is 392 g/mol. The predicted molar refractivity (Wildman–Crippen MR) is 116 cm³/mol. The molecule has 0 saturated heterocycles. The summed E-state index contributed by atoms with van der Waals surface area (Å²) in [7, 11) is 0. The number of urea groups is 1. The summed E-state index contributed by atoms with van der Waals surface area (Å²) in [6, 6.07) is 13.4. The zero-order valence-corrected chi connectivity index (χ0v) is 17.6. The SMILES string of the molecule is Cc1ccc(OCCSc2nnc(NC(=O)Nc3ccc(C)c(C)c3)s2)cc1. The molecule has 2 aromatic carbocycles. The molecule has 3 rings (SSSR count). The van der Waals surface area contributed by atoms with Crippen LogP contribution in [-0.4, -0.2) is 28.6 Å². The molecule has 0 bridgehead atoms. The van der Waals surface area contributed by atoms with Gasteiger partial charge in [-0.3, -0.25) is 5.32 Å². The number of hydrogen-bond donors (Lipinski definition) is 2. The zero-order valence-electron chi connectivity index (χ0n) is 16.0. The van der Waals surface area contributed by atoms with Crippen LogP contribution in [0.5, 0.6) is 5.75 Å². The molecule has 6 nitrogen and oxygen atoms in total. The van der Waals surface area contributed by atoms with Crippen LogP contribution in [0.2, 0.25) is 0 Å². The first-order chi connectivity index (χ1) is 13.5. The summed E-state index contributed by atoms with van der Waals surface area (Å²) >= 11 is 2.89. The number of anilines is 2. The van der Waals surface area contributed by atoms with Crippen molar-refractivity contribution < 1.29 is 9.53 Å². The van der Waals surface area contributed by atoms with Crippen molar-refractivity contribution in [3.05, 3.63) is 59.2 Å². The molecule has 1 aromatic heterocycles. The van der Waals surface area contributed by atoms with Gasteiger partial charge in [-0.15, -0.1) is 10.2 Å². The van der Waals surface area contributed by atoms with Crippen LogP contribution in [0.3, 0.4) is 0 Å². The van der Waals surface area contributed by atoms with Gasteiger partial charge in [-0.25, -0.2) is 4.79 Å². The van der Waals surface area contributed by atoms with Crippen molar-refractivity contribution in [3.63, 3.8) is 0 Å². The average Bonchev–Trinajstić information content (AvgIpc) is 3.10. The van der Waals surface area contributed by atoms with Crippen molar-refractivity contribution in [1.82, 2.24) is 10.2 Å². The molecule has 2 N–H and O–H groups in total. The lowest BCUT2D eigenvalue weighted by Crippen LogP contribution is -2.19. The number of thioether (sulfide) groups is 1. The summed E-state index contributed by atoms with van der Waals surface area (Å²) in [5.41, 5.74) is 4.26. The van der Waals surface area contributed by atoms with E-state index in [1.807, 2.05) is 63.2 Å². The van der Waals surface area contributed by atoms with Crippen LogP contribution < -0.4 is 15.4 Å². The van der Waals surface area contributed by atoms with Crippen LogP contribution in [0.4, 0.5) is 15.6 Å². The Bertz CT molecular complexity index is 942. The van der Waals surface area contributed by atoms with Gasteiger partial charge in [-0.1, -0.05) is 46.9 Å². The minimum absolute atomic E-state index is 0.335. The molecule has 0 saturated carbocycles. The van der Waals surface area contributed by atoms with Crippen molar-refractivity contribution >= 4 is 39.9 Å². The van der Waals surface area contributed by atoms with Crippen LogP contribution >= 0.6 is 23.1 Å². The van der Waals surface area contributed by atoms with E-state index in [1.165, 1.54) is 22.5 Å². The number of carbonyl (C=O) groups excluding carboxylic acids is 1. The minimum Gasteiger partial charge on any atom is -0.493 e. The fraction of sp³-hybridized carbons (Fsp3) is 0.250. The molecule has 146 valence electrons. The van der Waals surface area contributed by atoms with Gasteiger partial charge in [-0.2, -0.15) is 0 Å². The highest BCUT2D eigenvalue weighted by molar-refractivity contribution is 8.01. The molecule has 2 amide bonds. The third kappa shape index (κ3) is 5.97. The number of nitrogens with one attached hydrogen (secondary N) is 2. The van der Waals surface area contributed by atoms with Gasteiger partial charge in [0.15, 0.2) is 4.34 Å². The number of rotatable bonds is 7. The van der Waals surface area contributed by atoms with Crippen molar-refractivity contribution in [1.29, 1.82) is 0 Å². The number of hydrogen-bond acceptors (Lipinski definition) is 6. The molecule has 28 heavy (non-hydrogen) atoms. The largest absolute Gasteiger partial charge is 0.493 e. The summed E-state index contributed by atoms with van der Waals surface area (Å²) < 4.78 is 6.48. The second-order valence-corrected chi connectivity index (χ2v) is 8.58. The molecule has 3 aromatic rings. The monoisotopic (exact) mass is 414 g/mol. The number of benzene rings is 2. The van der Waals surface area contributed by atoms with E-state index in [0.717, 1.165) is 27.1 Å². The van der Waals surface area contributed by atoms with Crippen LogP contribution in [0.1, 0.15) is 16.7 Å². The number of carbonyl (C=O) groups is 1. The minimum atomic E-state index is -0.335. The zero-order chi connectivity index (χ0) is 19.9. The number of aromatic nitrogens is 2. The van der Waals surface area contributed by atoms with Gasteiger partial charge < -0.3 is 10.1 Å². The van der Waals surface area contributed by atoms with E-state index >= 15 is 0 Å². The van der Waals surface area contributed by atoms with Crippen molar-refractivity contribution in [2.45, 2.75) is 25.1 Å². The molecular formula is C20H22N4O2S2. The molecule has 1 heterocycles. The molecule has 0 fully saturated rings. The van der Waals surface area contributed by atoms with Gasteiger partial charge in [0.05, 0.1) is 6.61 Å². The lowest BCUT2D eigenvalue weighted by Gasteiger charge is -2.07. The molecule has 0 aliphatic heterocycles. The summed E-state index contributed by atoms with van der Waals surface area (Å²) in [5.74, 6) is 1.60. The Hall–Kier alpha value is -2.58. The van der Waals surface area contributed by atoms with E-state index in [2.05, 4.69) is 20.8 Å². The lowest BCUT2D eigenvalue weighted by molar-refractivity contribution is 0.262. The van der Waals surface area contributed by atoms with Crippen molar-refractivity contribution in [3.8, 4) is 5.75 Å². The van der Waals surface area contributed by atoms with Gasteiger partial charge in [0, 0.05) is 11.4 Å². The molecule has 0 radical (unpaired) electrons. The van der Waals surface area contributed by atoms with E-state index in [9.17, 15) is 4.79 Å². The van der Waals surface area contributed by atoms with Crippen molar-refractivity contribution in [2.24, 2.45) is 0 Å². The van der Waals surface area contributed by atoms with Gasteiger partial charge in [0.1, 0.15) is 5.75 Å². The first-order valence-corrected chi connectivity index (χ1v) is 10.6. The predicted octanol–water partition coefficient (Wildman–Crippen LogP) is 5.28. The van der Waals surface area contributed by atoms with E-state index < -0.39 is 0 Å². The highest BCUT2D eigenvalue weighted by Gasteiger charge is 2.09. The Morgan fingerprint density at radius 3 is 2.57 bits per heavy atom. The lowest BCUT2D eigenvalue weighted by atomic mass is 10.1. The molecule has 8 heteroatoms. The first kappa shape index (κ1) is 20.2. The smallest absolute Gasteiger partial charge is 0.325 e. The maximum absolute atomic E-state index is 12.1. The summed E-state index contributed by atoms with van der Waals surface area (Å²) in [6.07, 6.45) is 0. The number of amides is 2. The van der Waals surface area contributed by atoms with Crippen molar-refractivity contribution in [2.75, 3.05) is 23.0 Å². The van der Waals surface area contributed by atoms with Gasteiger partial charge in [-0.05, 0) is 56.2 Å². The van der Waals surface area contributed by atoms with E-state index in [1.54, 1.807) is 11.8 Å². The molecule has 0 atom stereocenters. The fourth-order valence-corrected chi connectivity index (χ4v) is 3.96. The second kappa shape index (κ2) is 9.57. The quantitative estimate of drug-likeness (QED) is 0.313. The van der Waals surface area contributed by atoms with E-state index in [4.69, 9.17) is 4.74 Å². The van der Waals surface area contributed by atoms with Gasteiger partial charge in [0.25, 0.3) is 0 Å². The van der Waals surface area contributed by atoms with Gasteiger partial charge >= 0.3 is 6.03 Å². The number of nitrogens with zero attached hydrogens (tertiary/aromatic N) is 2. The maximum atomic E-state index is 12.1. The van der Waals surface area contributed by atoms with E-state index in [-0.39, 0.29) is 6.03 Å². The average molecular weight is 415 g/mol. The van der Waals surface area contributed by atoms with Gasteiger partial charge in [0.2, 0.25) is 5.13 Å². The topological polar surface area (TPSA) is 76.1 Å². The maximum Gasteiger partial charge on any atom is 0.325 e. The molecule has 0 spiro atoms. The normalized spacial score (nSPS) is 10.5. The number of aryl methyl sites for hydroxylation is 3. The van der Waals surface area contributed by atoms with Crippen LogP contribution in [-0.2, 0) is 0 Å². The van der Waals surface area contributed by atoms with Crippen LogP contribution in [0.25, 0.3) is 0 Å². The fourth-order valence-electron chi connectivity index (χ4n) is 2.32.